The number of carbonyl (C=O) groups excluding carboxylic acids is 2. The summed E-state index contributed by atoms with van der Waals surface area (Å²) in [5.74, 6) is 3.39. The SMILES string of the molecule is C#Cc1ccc(C(=O)C[C@@H]2CCC[C@H](n3c(-c4ccccc4[N+](=O)[O-])nc4cc(C(=O)CC)ccc43)C2)s1. The zero-order valence-corrected chi connectivity index (χ0v) is 21.9. The molecule has 0 saturated heterocycles. The lowest BCUT2D eigenvalue weighted by atomic mass is 9.82. The molecule has 1 saturated carbocycles. The molecule has 0 amide bonds. The molecule has 2 heterocycles. The smallest absolute Gasteiger partial charge is 0.280 e. The fourth-order valence-electron chi connectivity index (χ4n) is 5.47. The summed E-state index contributed by atoms with van der Waals surface area (Å²) in [6.07, 6.45) is 9.80. The van der Waals surface area contributed by atoms with Crippen LogP contribution in [-0.2, 0) is 0 Å². The van der Waals surface area contributed by atoms with Gasteiger partial charge in [0.25, 0.3) is 5.69 Å². The Kier molecular flexibility index (Phi) is 7.21. The van der Waals surface area contributed by atoms with Gasteiger partial charge in [-0.05, 0) is 61.6 Å². The van der Waals surface area contributed by atoms with Gasteiger partial charge in [0, 0.05) is 30.5 Å². The summed E-state index contributed by atoms with van der Waals surface area (Å²) in [6.45, 7) is 1.82. The van der Waals surface area contributed by atoms with Gasteiger partial charge in [0.05, 0.1) is 31.3 Å². The first-order chi connectivity index (χ1) is 18.4. The first kappa shape index (κ1) is 25.6. The molecule has 8 heteroatoms. The zero-order chi connectivity index (χ0) is 26.8. The number of hydrogen-bond donors (Lipinski definition) is 0. The monoisotopic (exact) mass is 525 g/mol. The van der Waals surface area contributed by atoms with Crippen molar-refractivity contribution < 1.29 is 14.5 Å². The molecule has 0 spiro atoms. The van der Waals surface area contributed by atoms with Gasteiger partial charge in [-0.3, -0.25) is 19.7 Å². The lowest BCUT2D eigenvalue weighted by Crippen LogP contribution is -2.22. The van der Waals surface area contributed by atoms with E-state index < -0.39 is 0 Å². The lowest BCUT2D eigenvalue weighted by Gasteiger charge is -2.31. The van der Waals surface area contributed by atoms with Crippen molar-refractivity contribution in [3.8, 4) is 23.7 Å². The standard InChI is InChI=1S/C30H27N3O4S/c1-3-22-13-15-29(38-22)28(35)17-19-8-7-9-21(16-19)32-26-14-12-20(27(34)4-2)18-24(26)31-30(32)23-10-5-6-11-25(23)33(36)37/h1,5-6,10-15,18-19,21H,4,7-9,16-17H2,2H3/t19-,21+/m1/s1. The van der Waals surface area contributed by atoms with Crippen LogP contribution < -0.4 is 0 Å². The number of Topliss-reactive ketones (excluding diaryl/α,β-unsaturated/α-hetero) is 2. The maximum Gasteiger partial charge on any atom is 0.280 e. The highest BCUT2D eigenvalue weighted by molar-refractivity contribution is 7.14. The molecule has 1 aliphatic rings. The second-order valence-electron chi connectivity index (χ2n) is 9.68. The van der Waals surface area contributed by atoms with Gasteiger partial charge in [-0.1, -0.05) is 31.4 Å². The first-order valence-corrected chi connectivity index (χ1v) is 13.6. The second kappa shape index (κ2) is 10.7. The summed E-state index contributed by atoms with van der Waals surface area (Å²) in [6, 6.07) is 15.7. The number of fused-ring (bicyclic) bond motifs is 1. The van der Waals surface area contributed by atoms with E-state index in [2.05, 4.69) is 10.5 Å². The van der Waals surface area contributed by atoms with Crippen LogP contribution in [0.3, 0.4) is 0 Å². The van der Waals surface area contributed by atoms with Crippen molar-refractivity contribution in [1.82, 2.24) is 9.55 Å². The molecule has 0 unspecified atom stereocenters. The number of ketones is 2. The fourth-order valence-corrected chi connectivity index (χ4v) is 6.23. The first-order valence-electron chi connectivity index (χ1n) is 12.8. The largest absolute Gasteiger partial charge is 0.321 e. The molecule has 4 aromatic rings. The summed E-state index contributed by atoms with van der Waals surface area (Å²) in [5.41, 5.74) is 2.47. The molecule has 0 bridgehead atoms. The topological polar surface area (TPSA) is 95.1 Å². The van der Waals surface area contributed by atoms with Crippen LogP contribution >= 0.6 is 11.3 Å². The summed E-state index contributed by atoms with van der Waals surface area (Å²) in [5, 5.41) is 11.9. The van der Waals surface area contributed by atoms with E-state index in [-0.39, 0.29) is 34.1 Å². The molecular weight excluding hydrogens is 498 g/mol. The van der Waals surface area contributed by atoms with Gasteiger partial charge in [0.1, 0.15) is 5.82 Å². The molecule has 7 nitrogen and oxygen atoms in total. The van der Waals surface area contributed by atoms with Crippen molar-refractivity contribution in [2.24, 2.45) is 5.92 Å². The Bertz CT molecular complexity index is 1590. The van der Waals surface area contributed by atoms with Gasteiger partial charge >= 0.3 is 0 Å². The minimum atomic E-state index is -0.390. The highest BCUT2D eigenvalue weighted by Gasteiger charge is 2.30. The van der Waals surface area contributed by atoms with Crippen LogP contribution in [0.25, 0.3) is 22.4 Å². The van der Waals surface area contributed by atoms with E-state index in [1.54, 1.807) is 42.5 Å². The van der Waals surface area contributed by atoms with Crippen molar-refractivity contribution in [3.63, 3.8) is 0 Å². The maximum absolute atomic E-state index is 13.0. The highest BCUT2D eigenvalue weighted by atomic mass is 32.1. The average Bonchev–Trinajstić information content (AvgIpc) is 3.57. The van der Waals surface area contributed by atoms with Crippen molar-refractivity contribution in [2.75, 3.05) is 0 Å². The third-order valence-electron chi connectivity index (χ3n) is 7.29. The number of nitro groups is 1. The van der Waals surface area contributed by atoms with Crippen LogP contribution in [0.15, 0.2) is 54.6 Å². The maximum atomic E-state index is 13.0. The average molecular weight is 526 g/mol. The molecule has 0 radical (unpaired) electrons. The van der Waals surface area contributed by atoms with E-state index in [9.17, 15) is 19.7 Å². The Balaban J connectivity index is 1.54. The number of rotatable bonds is 8. The number of carbonyl (C=O) groups is 2. The Labute approximate surface area is 224 Å². The van der Waals surface area contributed by atoms with Crippen LogP contribution in [0.1, 0.15) is 76.4 Å². The molecule has 1 aliphatic carbocycles. The molecule has 1 fully saturated rings. The van der Waals surface area contributed by atoms with E-state index in [1.807, 2.05) is 13.0 Å². The molecule has 0 N–H and O–H groups in total. The number of para-hydroxylation sites is 1. The Morgan fingerprint density at radius 3 is 2.71 bits per heavy atom. The summed E-state index contributed by atoms with van der Waals surface area (Å²) in [7, 11) is 0. The van der Waals surface area contributed by atoms with Crippen LogP contribution in [-0.4, -0.2) is 26.0 Å². The van der Waals surface area contributed by atoms with E-state index in [0.29, 0.717) is 40.2 Å². The molecule has 2 aromatic heterocycles. The van der Waals surface area contributed by atoms with E-state index in [1.165, 1.54) is 17.4 Å². The van der Waals surface area contributed by atoms with Gasteiger partial charge in [-0.2, -0.15) is 0 Å². The Morgan fingerprint density at radius 1 is 1.16 bits per heavy atom. The molecule has 0 aliphatic heterocycles. The number of benzene rings is 2. The van der Waals surface area contributed by atoms with Gasteiger partial charge in [-0.25, -0.2) is 4.98 Å². The second-order valence-corrected chi connectivity index (χ2v) is 10.8. The number of imidazole rings is 1. The molecule has 2 atom stereocenters. The van der Waals surface area contributed by atoms with E-state index in [4.69, 9.17) is 11.4 Å². The predicted molar refractivity (Wildman–Crippen MR) is 149 cm³/mol. The molecule has 192 valence electrons. The molecule has 5 rings (SSSR count). The van der Waals surface area contributed by atoms with Crippen molar-refractivity contribution >= 4 is 39.6 Å². The minimum Gasteiger partial charge on any atom is -0.321 e. The number of hydrogen-bond acceptors (Lipinski definition) is 6. The van der Waals surface area contributed by atoms with Crippen LogP contribution in [0.4, 0.5) is 5.69 Å². The van der Waals surface area contributed by atoms with Crippen molar-refractivity contribution in [2.45, 2.75) is 51.5 Å². The predicted octanol–water partition coefficient (Wildman–Crippen LogP) is 7.25. The zero-order valence-electron chi connectivity index (χ0n) is 21.1. The summed E-state index contributed by atoms with van der Waals surface area (Å²) >= 11 is 1.35. The van der Waals surface area contributed by atoms with Crippen molar-refractivity contribution in [3.05, 3.63) is 80.0 Å². The number of terminal acetylenes is 1. The van der Waals surface area contributed by atoms with Crippen LogP contribution in [0.2, 0.25) is 0 Å². The van der Waals surface area contributed by atoms with Crippen LogP contribution in [0, 0.1) is 28.4 Å². The molecule has 2 aromatic carbocycles. The van der Waals surface area contributed by atoms with Gasteiger partial charge < -0.3 is 4.57 Å². The summed E-state index contributed by atoms with van der Waals surface area (Å²) < 4.78 is 2.09. The van der Waals surface area contributed by atoms with E-state index in [0.717, 1.165) is 36.1 Å². The number of nitro benzene ring substituents is 1. The quantitative estimate of drug-likeness (QED) is 0.104. The summed E-state index contributed by atoms with van der Waals surface area (Å²) in [4.78, 5) is 43.2. The fraction of sp³-hybridized carbons (Fsp3) is 0.300. The van der Waals surface area contributed by atoms with Gasteiger partial charge in [-0.15, -0.1) is 17.8 Å². The normalized spacial score (nSPS) is 17.3. The highest BCUT2D eigenvalue weighted by Crippen LogP contribution is 2.41. The third kappa shape index (κ3) is 4.90. The Morgan fingerprint density at radius 2 is 1.97 bits per heavy atom. The van der Waals surface area contributed by atoms with Crippen LogP contribution in [0.5, 0.6) is 0 Å². The van der Waals surface area contributed by atoms with Crippen molar-refractivity contribution in [1.29, 1.82) is 0 Å². The van der Waals surface area contributed by atoms with Gasteiger partial charge in [0.2, 0.25) is 0 Å². The molecule has 38 heavy (non-hydrogen) atoms. The van der Waals surface area contributed by atoms with Gasteiger partial charge in [0.15, 0.2) is 11.6 Å². The number of thiophene rings is 1. The lowest BCUT2D eigenvalue weighted by molar-refractivity contribution is -0.384. The van der Waals surface area contributed by atoms with E-state index >= 15 is 0 Å². The molecular formula is C30H27N3O4S. The number of aromatic nitrogens is 2. The third-order valence-corrected chi connectivity index (χ3v) is 8.35. The minimum absolute atomic E-state index is 0.0127. The Hall–Kier alpha value is -4.09. The number of nitrogens with zero attached hydrogens (tertiary/aromatic N) is 3.